The van der Waals surface area contributed by atoms with Gasteiger partial charge in [0.2, 0.25) is 5.91 Å². The van der Waals surface area contributed by atoms with Gasteiger partial charge in [0.25, 0.3) is 0 Å². The van der Waals surface area contributed by atoms with Crippen LogP contribution in [-0.2, 0) is 4.79 Å². The van der Waals surface area contributed by atoms with Crippen molar-refractivity contribution in [3.63, 3.8) is 0 Å². The van der Waals surface area contributed by atoms with Gasteiger partial charge in [0.15, 0.2) is 0 Å². The highest BCUT2D eigenvalue weighted by molar-refractivity contribution is 6.00. The second-order valence-corrected chi connectivity index (χ2v) is 5.56. The summed E-state index contributed by atoms with van der Waals surface area (Å²) in [7, 11) is 1.64. The maximum Gasteiger partial charge on any atom is 0.232 e. The fraction of sp³-hybridized carbons (Fsp3) is 0.533. The first-order valence-corrected chi connectivity index (χ1v) is 6.97. The molecule has 1 heterocycles. The number of fused-ring (bicyclic) bond motifs is 1. The van der Waals surface area contributed by atoms with E-state index in [0.29, 0.717) is 0 Å². The van der Waals surface area contributed by atoms with Gasteiger partial charge in [-0.2, -0.15) is 0 Å². The van der Waals surface area contributed by atoms with Gasteiger partial charge in [0.1, 0.15) is 5.75 Å². The van der Waals surface area contributed by atoms with Gasteiger partial charge in [-0.05, 0) is 25.0 Å². The maximum atomic E-state index is 12.6. The van der Waals surface area contributed by atoms with Gasteiger partial charge in [0.05, 0.1) is 23.9 Å². The number of amides is 1. The van der Waals surface area contributed by atoms with Gasteiger partial charge in [-0.25, -0.2) is 0 Å². The Labute approximate surface area is 113 Å². The quantitative estimate of drug-likeness (QED) is 0.816. The van der Waals surface area contributed by atoms with E-state index in [-0.39, 0.29) is 11.3 Å². The molecule has 0 bridgehead atoms. The molecule has 1 fully saturated rings. The van der Waals surface area contributed by atoms with E-state index in [1.165, 1.54) is 6.42 Å². The molecule has 19 heavy (non-hydrogen) atoms. The molecule has 102 valence electrons. The van der Waals surface area contributed by atoms with E-state index in [9.17, 15) is 4.79 Å². The molecule has 0 atom stereocenters. The lowest BCUT2D eigenvalue weighted by Crippen LogP contribution is -2.41. The molecule has 1 aromatic carbocycles. The highest BCUT2D eigenvalue weighted by Crippen LogP contribution is 2.41. The molecule has 0 radical (unpaired) electrons. The molecule has 0 unspecified atom stereocenters. The first-order valence-electron chi connectivity index (χ1n) is 6.97. The SMILES string of the molecule is COc1ccc2c(c1)NC(=O)C1(CCCCC1)CN2. The van der Waals surface area contributed by atoms with Crippen LogP contribution in [0.5, 0.6) is 5.75 Å². The summed E-state index contributed by atoms with van der Waals surface area (Å²) in [6.07, 6.45) is 5.51. The average Bonchev–Trinajstić information content (AvgIpc) is 2.58. The fourth-order valence-corrected chi connectivity index (χ4v) is 3.14. The molecular formula is C15H20N2O2. The van der Waals surface area contributed by atoms with Crippen LogP contribution < -0.4 is 15.4 Å². The Morgan fingerprint density at radius 2 is 1.95 bits per heavy atom. The zero-order valence-electron chi connectivity index (χ0n) is 11.3. The minimum absolute atomic E-state index is 0.159. The minimum atomic E-state index is -0.232. The number of anilines is 2. The minimum Gasteiger partial charge on any atom is -0.497 e. The van der Waals surface area contributed by atoms with Crippen molar-refractivity contribution in [3.8, 4) is 5.75 Å². The molecule has 1 amide bonds. The van der Waals surface area contributed by atoms with E-state index in [1.807, 2.05) is 18.2 Å². The second kappa shape index (κ2) is 4.76. The van der Waals surface area contributed by atoms with E-state index < -0.39 is 0 Å². The molecule has 4 nitrogen and oxygen atoms in total. The van der Waals surface area contributed by atoms with E-state index >= 15 is 0 Å². The molecule has 1 aromatic rings. The van der Waals surface area contributed by atoms with Crippen LogP contribution >= 0.6 is 0 Å². The summed E-state index contributed by atoms with van der Waals surface area (Å²) in [5, 5.41) is 6.50. The van der Waals surface area contributed by atoms with E-state index in [4.69, 9.17) is 4.74 Å². The van der Waals surface area contributed by atoms with Gasteiger partial charge in [-0.1, -0.05) is 19.3 Å². The Hall–Kier alpha value is -1.71. The summed E-state index contributed by atoms with van der Waals surface area (Å²) in [4.78, 5) is 12.6. The lowest BCUT2D eigenvalue weighted by molar-refractivity contribution is -0.126. The van der Waals surface area contributed by atoms with Crippen LogP contribution in [0.1, 0.15) is 32.1 Å². The molecule has 4 heteroatoms. The van der Waals surface area contributed by atoms with E-state index in [0.717, 1.165) is 49.4 Å². The van der Waals surface area contributed by atoms with Crippen molar-refractivity contribution in [3.05, 3.63) is 18.2 Å². The monoisotopic (exact) mass is 260 g/mol. The highest BCUT2D eigenvalue weighted by atomic mass is 16.5. The zero-order chi connectivity index (χ0) is 13.3. The van der Waals surface area contributed by atoms with Crippen molar-refractivity contribution in [2.75, 3.05) is 24.3 Å². The Morgan fingerprint density at radius 1 is 1.16 bits per heavy atom. The Morgan fingerprint density at radius 3 is 2.68 bits per heavy atom. The van der Waals surface area contributed by atoms with Gasteiger partial charge < -0.3 is 15.4 Å². The van der Waals surface area contributed by atoms with Gasteiger partial charge in [-0.15, -0.1) is 0 Å². The van der Waals surface area contributed by atoms with Crippen LogP contribution in [0, 0.1) is 5.41 Å². The number of carbonyl (C=O) groups excluding carboxylic acids is 1. The fourth-order valence-electron chi connectivity index (χ4n) is 3.14. The van der Waals surface area contributed by atoms with Gasteiger partial charge in [-0.3, -0.25) is 4.79 Å². The number of hydrogen-bond donors (Lipinski definition) is 2. The Balaban J connectivity index is 1.90. The molecule has 1 saturated carbocycles. The summed E-state index contributed by atoms with van der Waals surface area (Å²) >= 11 is 0. The molecule has 0 aromatic heterocycles. The van der Waals surface area contributed by atoms with Crippen LogP contribution in [0.15, 0.2) is 18.2 Å². The second-order valence-electron chi connectivity index (χ2n) is 5.56. The van der Waals surface area contributed by atoms with Crippen molar-refractivity contribution in [2.24, 2.45) is 5.41 Å². The Kier molecular flexibility index (Phi) is 3.09. The summed E-state index contributed by atoms with van der Waals surface area (Å²) in [6, 6.07) is 5.76. The third-order valence-electron chi connectivity index (χ3n) is 4.38. The van der Waals surface area contributed by atoms with Crippen LogP contribution in [0.3, 0.4) is 0 Å². The van der Waals surface area contributed by atoms with Crippen LogP contribution in [0.4, 0.5) is 11.4 Å². The topological polar surface area (TPSA) is 50.4 Å². The molecule has 3 rings (SSSR count). The first kappa shape index (κ1) is 12.3. The smallest absolute Gasteiger partial charge is 0.232 e. The maximum absolute atomic E-state index is 12.6. The van der Waals surface area contributed by atoms with Crippen molar-refractivity contribution >= 4 is 17.3 Å². The normalized spacial score (nSPS) is 21.0. The van der Waals surface area contributed by atoms with Crippen molar-refractivity contribution in [2.45, 2.75) is 32.1 Å². The molecular weight excluding hydrogens is 240 g/mol. The number of rotatable bonds is 1. The third kappa shape index (κ3) is 2.15. The lowest BCUT2D eigenvalue weighted by Gasteiger charge is -2.34. The molecule has 1 aliphatic carbocycles. The van der Waals surface area contributed by atoms with Crippen LogP contribution in [-0.4, -0.2) is 19.6 Å². The molecule has 1 spiro atoms. The third-order valence-corrected chi connectivity index (χ3v) is 4.38. The number of methoxy groups -OCH3 is 1. The van der Waals surface area contributed by atoms with Gasteiger partial charge >= 0.3 is 0 Å². The number of ether oxygens (including phenoxy) is 1. The molecule has 2 N–H and O–H groups in total. The van der Waals surface area contributed by atoms with Gasteiger partial charge in [0, 0.05) is 12.6 Å². The van der Waals surface area contributed by atoms with Crippen molar-refractivity contribution < 1.29 is 9.53 Å². The number of nitrogens with one attached hydrogen (secondary N) is 2. The first-order chi connectivity index (χ1) is 9.23. The number of hydrogen-bond acceptors (Lipinski definition) is 3. The summed E-state index contributed by atoms with van der Waals surface area (Å²) < 4.78 is 5.21. The van der Waals surface area contributed by atoms with Crippen LogP contribution in [0.25, 0.3) is 0 Å². The zero-order valence-corrected chi connectivity index (χ0v) is 11.3. The Bertz CT molecular complexity index is 493. The van der Waals surface area contributed by atoms with Crippen molar-refractivity contribution in [1.29, 1.82) is 0 Å². The number of carbonyl (C=O) groups is 1. The van der Waals surface area contributed by atoms with E-state index in [1.54, 1.807) is 7.11 Å². The standard InChI is InChI=1S/C15H20N2O2/c1-19-11-5-6-12-13(9-11)17-14(18)15(10-16-12)7-3-2-4-8-15/h5-6,9,16H,2-4,7-8,10H2,1H3,(H,17,18). The van der Waals surface area contributed by atoms with E-state index in [2.05, 4.69) is 10.6 Å². The predicted octanol–water partition coefficient (Wildman–Crippen LogP) is 3.01. The lowest BCUT2D eigenvalue weighted by atomic mass is 9.73. The summed E-state index contributed by atoms with van der Waals surface area (Å²) in [5.41, 5.74) is 1.58. The number of benzene rings is 1. The highest BCUT2D eigenvalue weighted by Gasteiger charge is 2.41. The molecule has 0 saturated heterocycles. The predicted molar refractivity (Wildman–Crippen MR) is 75.6 cm³/mol. The largest absolute Gasteiger partial charge is 0.497 e. The average molecular weight is 260 g/mol. The summed E-state index contributed by atoms with van der Waals surface area (Å²) in [6.45, 7) is 0.734. The molecule has 2 aliphatic rings. The van der Waals surface area contributed by atoms with Crippen LogP contribution in [0.2, 0.25) is 0 Å². The van der Waals surface area contributed by atoms with Crippen molar-refractivity contribution in [1.82, 2.24) is 0 Å². The summed E-state index contributed by atoms with van der Waals surface area (Å²) in [5.74, 6) is 0.923. The molecule has 1 aliphatic heterocycles.